The number of hydrogen-bond acceptors (Lipinski definition) is 3. The summed E-state index contributed by atoms with van der Waals surface area (Å²) in [4.78, 5) is 12.1. The van der Waals surface area contributed by atoms with Crippen molar-refractivity contribution in [1.29, 1.82) is 5.26 Å². The summed E-state index contributed by atoms with van der Waals surface area (Å²) < 4.78 is 7.11. The maximum atomic E-state index is 12.1. The van der Waals surface area contributed by atoms with E-state index >= 15 is 0 Å². The molecule has 16 heavy (non-hydrogen) atoms. The number of aromatic nitrogens is 1. The van der Waals surface area contributed by atoms with Crippen molar-refractivity contribution in [3.8, 4) is 11.9 Å². The zero-order chi connectivity index (χ0) is 11.9. The second kappa shape index (κ2) is 3.67. The quantitative estimate of drug-likeness (QED) is 0.715. The summed E-state index contributed by atoms with van der Waals surface area (Å²) in [6.45, 7) is 6.17. The summed E-state index contributed by atoms with van der Waals surface area (Å²) in [5, 5.41) is 9.13. The minimum atomic E-state index is -0.0358. The van der Waals surface area contributed by atoms with Crippen LogP contribution in [0.5, 0.6) is 5.88 Å². The third kappa shape index (κ3) is 1.32. The second-order valence-corrected chi connectivity index (χ2v) is 4.09. The van der Waals surface area contributed by atoms with Crippen LogP contribution in [0, 0.1) is 18.3 Å². The minimum absolute atomic E-state index is 0.0154. The summed E-state index contributed by atoms with van der Waals surface area (Å²) in [7, 11) is 0. The Kier molecular flexibility index (Phi) is 2.47. The van der Waals surface area contributed by atoms with E-state index in [4.69, 9.17) is 10.00 Å². The fraction of sp³-hybridized carbons (Fsp3) is 0.500. The van der Waals surface area contributed by atoms with Crippen LogP contribution in [0.25, 0.3) is 0 Å². The lowest BCUT2D eigenvalue weighted by molar-refractivity contribution is 0.253. The monoisotopic (exact) mass is 218 g/mol. The molecule has 4 heteroatoms. The SMILES string of the molecule is CCc1c(C)c(C#N)c2n(c1=O)C[C@H](C)O2. The van der Waals surface area contributed by atoms with E-state index < -0.39 is 0 Å². The van der Waals surface area contributed by atoms with E-state index in [1.807, 2.05) is 20.8 Å². The normalized spacial score (nSPS) is 17.8. The molecule has 0 unspecified atom stereocenters. The lowest BCUT2D eigenvalue weighted by Crippen LogP contribution is -2.24. The molecule has 0 radical (unpaired) electrons. The van der Waals surface area contributed by atoms with E-state index in [0.29, 0.717) is 24.4 Å². The predicted molar refractivity (Wildman–Crippen MR) is 59.6 cm³/mol. The molecule has 0 saturated heterocycles. The molecular formula is C12H14N2O2. The first-order chi connectivity index (χ1) is 7.60. The van der Waals surface area contributed by atoms with Crippen LogP contribution in [-0.4, -0.2) is 10.7 Å². The number of nitriles is 1. The highest BCUT2D eigenvalue weighted by Crippen LogP contribution is 2.27. The molecule has 0 N–H and O–H groups in total. The van der Waals surface area contributed by atoms with Gasteiger partial charge in [-0.25, -0.2) is 0 Å². The van der Waals surface area contributed by atoms with Crippen molar-refractivity contribution in [3.05, 3.63) is 27.0 Å². The topological polar surface area (TPSA) is 55.0 Å². The minimum Gasteiger partial charge on any atom is -0.473 e. The highest BCUT2D eigenvalue weighted by Gasteiger charge is 2.26. The first kappa shape index (κ1) is 10.7. The maximum Gasteiger partial charge on any atom is 0.256 e. The lowest BCUT2D eigenvalue weighted by atomic mass is 10.0. The predicted octanol–water partition coefficient (Wildman–Crippen LogP) is 1.37. The van der Waals surface area contributed by atoms with Crippen molar-refractivity contribution < 1.29 is 4.74 Å². The first-order valence-electron chi connectivity index (χ1n) is 5.43. The van der Waals surface area contributed by atoms with Crippen molar-refractivity contribution in [2.75, 3.05) is 0 Å². The van der Waals surface area contributed by atoms with E-state index in [9.17, 15) is 4.79 Å². The molecule has 1 aliphatic rings. The Morgan fingerprint density at radius 3 is 2.88 bits per heavy atom. The Labute approximate surface area is 94.1 Å². The van der Waals surface area contributed by atoms with Crippen molar-refractivity contribution in [1.82, 2.24) is 4.57 Å². The Balaban J connectivity index is 2.81. The Morgan fingerprint density at radius 2 is 2.31 bits per heavy atom. The van der Waals surface area contributed by atoms with Crippen LogP contribution in [0.1, 0.15) is 30.5 Å². The molecule has 1 aromatic rings. The van der Waals surface area contributed by atoms with Crippen LogP contribution in [-0.2, 0) is 13.0 Å². The van der Waals surface area contributed by atoms with Gasteiger partial charge in [0.25, 0.3) is 5.56 Å². The molecule has 4 nitrogen and oxygen atoms in total. The van der Waals surface area contributed by atoms with Gasteiger partial charge in [-0.2, -0.15) is 5.26 Å². The third-order valence-corrected chi connectivity index (χ3v) is 3.01. The van der Waals surface area contributed by atoms with Crippen LogP contribution >= 0.6 is 0 Å². The van der Waals surface area contributed by atoms with Crippen molar-refractivity contribution in [2.45, 2.75) is 39.8 Å². The molecule has 0 fully saturated rings. The highest BCUT2D eigenvalue weighted by molar-refractivity contribution is 5.49. The van der Waals surface area contributed by atoms with Gasteiger partial charge < -0.3 is 4.74 Å². The van der Waals surface area contributed by atoms with Crippen molar-refractivity contribution in [3.63, 3.8) is 0 Å². The molecule has 0 aromatic carbocycles. The fourth-order valence-electron chi connectivity index (χ4n) is 2.18. The highest BCUT2D eigenvalue weighted by atomic mass is 16.5. The number of nitrogens with zero attached hydrogens (tertiary/aromatic N) is 2. The average Bonchev–Trinajstić information content (AvgIpc) is 2.62. The standard InChI is InChI=1S/C12H14N2O2/c1-4-9-8(3)10(5-13)12-14(11(9)15)6-7(2)16-12/h7H,4,6H2,1-3H3/t7-/m0/s1. The summed E-state index contributed by atoms with van der Waals surface area (Å²) in [6.07, 6.45) is 0.611. The lowest BCUT2D eigenvalue weighted by Gasteiger charge is -2.10. The third-order valence-electron chi connectivity index (χ3n) is 3.01. The van der Waals surface area contributed by atoms with Gasteiger partial charge in [-0.05, 0) is 25.8 Å². The first-order valence-corrected chi connectivity index (χ1v) is 5.43. The van der Waals surface area contributed by atoms with E-state index in [-0.39, 0.29) is 11.7 Å². The molecule has 0 amide bonds. The van der Waals surface area contributed by atoms with Gasteiger partial charge in [0, 0.05) is 5.56 Å². The fourth-order valence-corrected chi connectivity index (χ4v) is 2.18. The van der Waals surface area contributed by atoms with Crippen molar-refractivity contribution >= 4 is 0 Å². The summed E-state index contributed by atoms with van der Waals surface area (Å²) in [5.41, 5.74) is 1.97. The molecule has 2 heterocycles. The van der Waals surface area contributed by atoms with Gasteiger partial charge in [-0.1, -0.05) is 6.92 Å². The Morgan fingerprint density at radius 1 is 1.62 bits per heavy atom. The van der Waals surface area contributed by atoms with Gasteiger partial charge in [-0.3, -0.25) is 9.36 Å². The summed E-state index contributed by atoms with van der Waals surface area (Å²) in [5.74, 6) is 0.440. The zero-order valence-corrected chi connectivity index (χ0v) is 9.70. The van der Waals surface area contributed by atoms with Crippen LogP contribution in [0.2, 0.25) is 0 Å². The van der Waals surface area contributed by atoms with Crippen LogP contribution in [0.3, 0.4) is 0 Å². The van der Waals surface area contributed by atoms with Gasteiger partial charge in [0.05, 0.1) is 6.54 Å². The van der Waals surface area contributed by atoms with Crippen LogP contribution in [0.15, 0.2) is 4.79 Å². The molecule has 2 rings (SSSR count). The molecule has 1 atom stereocenters. The molecule has 84 valence electrons. The largest absolute Gasteiger partial charge is 0.473 e. The number of rotatable bonds is 1. The smallest absolute Gasteiger partial charge is 0.256 e. The molecule has 0 bridgehead atoms. The molecule has 1 aromatic heterocycles. The van der Waals surface area contributed by atoms with E-state index in [1.54, 1.807) is 4.57 Å². The van der Waals surface area contributed by atoms with Gasteiger partial charge in [-0.15, -0.1) is 0 Å². The van der Waals surface area contributed by atoms with Gasteiger partial charge in [0.2, 0.25) is 5.88 Å². The van der Waals surface area contributed by atoms with E-state index in [0.717, 1.165) is 11.1 Å². The maximum absolute atomic E-state index is 12.1. The Bertz CT molecular complexity index is 537. The number of ether oxygens (including phenoxy) is 1. The van der Waals surface area contributed by atoms with Gasteiger partial charge in [0.1, 0.15) is 17.7 Å². The van der Waals surface area contributed by atoms with Crippen LogP contribution in [0.4, 0.5) is 0 Å². The number of fused-ring (bicyclic) bond motifs is 1. The number of pyridine rings is 1. The summed E-state index contributed by atoms with van der Waals surface area (Å²) in [6, 6.07) is 2.13. The molecule has 0 spiro atoms. The van der Waals surface area contributed by atoms with E-state index in [2.05, 4.69) is 6.07 Å². The van der Waals surface area contributed by atoms with E-state index in [1.165, 1.54) is 0 Å². The zero-order valence-electron chi connectivity index (χ0n) is 9.70. The average molecular weight is 218 g/mol. The summed E-state index contributed by atoms with van der Waals surface area (Å²) >= 11 is 0. The Hall–Kier alpha value is -1.76. The van der Waals surface area contributed by atoms with Gasteiger partial charge >= 0.3 is 0 Å². The second-order valence-electron chi connectivity index (χ2n) is 4.09. The molecule has 0 aliphatic carbocycles. The molecule has 0 saturated carbocycles. The molecular weight excluding hydrogens is 204 g/mol. The van der Waals surface area contributed by atoms with Gasteiger partial charge in [0.15, 0.2) is 0 Å². The number of hydrogen-bond donors (Lipinski definition) is 0. The molecule has 1 aliphatic heterocycles. The van der Waals surface area contributed by atoms with Crippen LogP contribution < -0.4 is 10.3 Å². The van der Waals surface area contributed by atoms with Crippen molar-refractivity contribution in [2.24, 2.45) is 0 Å².